The third kappa shape index (κ3) is 9.00. The van der Waals surface area contributed by atoms with Gasteiger partial charge in [-0.1, -0.05) is 0 Å². The minimum Gasteiger partial charge on any atom is -0.481 e. The molecule has 0 spiro atoms. The monoisotopic (exact) mass is 340 g/mol. The number of urea groups is 1. The number of rotatable bonds is 11. The topological polar surface area (TPSA) is 153 Å². The number of alkyl halides is 1. The Hall–Kier alpha value is -2.04. The number of nitrogens with one attached hydrogen (secondary N) is 2. The average molecular weight is 340 g/mol. The first-order valence-corrected chi connectivity index (χ1v) is 7.22. The summed E-state index contributed by atoms with van der Waals surface area (Å²) in [7, 11) is 0. The minimum absolute atomic E-state index is 0.0450. The number of carboxylic acids is 3. The van der Waals surface area contributed by atoms with Crippen LogP contribution in [0.5, 0.6) is 0 Å². The molecule has 0 aliphatic rings. The Balaban J connectivity index is 4.34. The lowest BCUT2D eigenvalue weighted by Gasteiger charge is -2.16. The van der Waals surface area contributed by atoms with Crippen molar-refractivity contribution in [2.75, 3.05) is 19.0 Å². The SMILES string of the molecule is O=C(O)CCC(NC(=O)NCC(SCCF)C(=O)O)C(=O)O. The normalized spacial score (nSPS) is 13.0. The smallest absolute Gasteiger partial charge is 0.326 e. The number of hydrogen-bond acceptors (Lipinski definition) is 5. The van der Waals surface area contributed by atoms with Gasteiger partial charge in [-0.25, -0.2) is 9.59 Å². The Morgan fingerprint density at radius 1 is 1.09 bits per heavy atom. The fraction of sp³-hybridized carbons (Fsp3) is 0.636. The zero-order valence-corrected chi connectivity index (χ0v) is 12.3. The summed E-state index contributed by atoms with van der Waals surface area (Å²) in [4.78, 5) is 43.6. The molecule has 0 saturated carbocycles. The van der Waals surface area contributed by atoms with Crippen molar-refractivity contribution in [3.63, 3.8) is 0 Å². The summed E-state index contributed by atoms with van der Waals surface area (Å²) in [6.45, 7) is -1.03. The van der Waals surface area contributed by atoms with Crippen molar-refractivity contribution in [2.45, 2.75) is 24.1 Å². The van der Waals surface area contributed by atoms with Gasteiger partial charge in [0.25, 0.3) is 0 Å². The molecule has 0 aromatic heterocycles. The molecular formula is C11H17FN2O7S. The number of halogens is 1. The van der Waals surface area contributed by atoms with E-state index >= 15 is 0 Å². The van der Waals surface area contributed by atoms with Crippen LogP contribution in [0.3, 0.4) is 0 Å². The number of carboxylic acid groups (broad SMARTS) is 3. The number of aliphatic carboxylic acids is 3. The van der Waals surface area contributed by atoms with Crippen LogP contribution in [0.2, 0.25) is 0 Å². The molecule has 0 fully saturated rings. The van der Waals surface area contributed by atoms with Crippen LogP contribution in [0.1, 0.15) is 12.8 Å². The third-order valence-electron chi connectivity index (χ3n) is 2.37. The van der Waals surface area contributed by atoms with Gasteiger partial charge in [0.15, 0.2) is 0 Å². The molecule has 0 radical (unpaired) electrons. The van der Waals surface area contributed by atoms with Gasteiger partial charge in [-0.15, -0.1) is 11.8 Å². The molecule has 22 heavy (non-hydrogen) atoms. The molecule has 9 nitrogen and oxygen atoms in total. The highest BCUT2D eigenvalue weighted by molar-refractivity contribution is 8.00. The molecule has 126 valence electrons. The first-order chi connectivity index (χ1) is 10.3. The zero-order valence-electron chi connectivity index (χ0n) is 11.5. The van der Waals surface area contributed by atoms with Crippen molar-refractivity contribution in [1.29, 1.82) is 0 Å². The fourth-order valence-corrected chi connectivity index (χ4v) is 2.04. The second kappa shape index (κ2) is 10.7. The molecule has 0 aliphatic carbocycles. The Morgan fingerprint density at radius 3 is 2.18 bits per heavy atom. The highest BCUT2D eigenvalue weighted by Gasteiger charge is 2.23. The molecule has 2 atom stereocenters. The molecule has 0 aromatic rings. The van der Waals surface area contributed by atoms with Crippen LogP contribution in [0.25, 0.3) is 0 Å². The van der Waals surface area contributed by atoms with Crippen molar-refractivity contribution in [1.82, 2.24) is 10.6 Å². The summed E-state index contributed by atoms with van der Waals surface area (Å²) in [6.07, 6.45) is -0.752. The van der Waals surface area contributed by atoms with Crippen molar-refractivity contribution in [2.24, 2.45) is 0 Å². The lowest BCUT2D eigenvalue weighted by Crippen LogP contribution is -2.48. The summed E-state index contributed by atoms with van der Waals surface area (Å²) in [5, 5.41) is 29.3. The summed E-state index contributed by atoms with van der Waals surface area (Å²) in [6, 6.07) is -2.34. The third-order valence-corrected chi connectivity index (χ3v) is 3.53. The van der Waals surface area contributed by atoms with Gasteiger partial charge in [-0.3, -0.25) is 14.0 Å². The van der Waals surface area contributed by atoms with E-state index in [-0.39, 0.29) is 18.7 Å². The maximum atomic E-state index is 12.0. The number of hydrogen-bond donors (Lipinski definition) is 5. The van der Waals surface area contributed by atoms with Crippen molar-refractivity contribution >= 4 is 35.7 Å². The molecule has 0 saturated heterocycles. The van der Waals surface area contributed by atoms with E-state index in [0.29, 0.717) is 0 Å². The van der Waals surface area contributed by atoms with Crippen LogP contribution in [0.15, 0.2) is 0 Å². The van der Waals surface area contributed by atoms with Crippen LogP contribution in [-0.4, -0.2) is 69.5 Å². The molecular weight excluding hydrogens is 323 g/mol. The van der Waals surface area contributed by atoms with Gasteiger partial charge in [0.2, 0.25) is 0 Å². The first kappa shape index (κ1) is 20.0. The minimum atomic E-state index is -1.40. The number of carbonyl (C=O) groups excluding carboxylic acids is 1. The second-order valence-corrected chi connectivity index (χ2v) is 5.37. The standard InChI is InChI=1S/C11H17FN2O7S/c12-3-4-22-7(10(19)20)5-13-11(21)14-6(9(17)18)1-2-8(15)16/h6-7H,1-5H2,(H,15,16)(H,17,18)(H,19,20)(H2,13,14,21). The van der Waals surface area contributed by atoms with Crippen LogP contribution in [0, 0.1) is 0 Å². The predicted molar refractivity (Wildman–Crippen MR) is 74.7 cm³/mol. The zero-order chi connectivity index (χ0) is 17.1. The van der Waals surface area contributed by atoms with E-state index in [2.05, 4.69) is 5.32 Å². The second-order valence-electron chi connectivity index (χ2n) is 4.06. The maximum absolute atomic E-state index is 12.0. The molecule has 2 amide bonds. The molecule has 0 bridgehead atoms. The molecule has 2 unspecified atom stereocenters. The summed E-state index contributed by atoms with van der Waals surface area (Å²) >= 11 is 0.800. The maximum Gasteiger partial charge on any atom is 0.326 e. The molecule has 0 rings (SSSR count). The van der Waals surface area contributed by atoms with Gasteiger partial charge in [0.1, 0.15) is 11.3 Å². The van der Waals surface area contributed by atoms with Crippen LogP contribution < -0.4 is 10.6 Å². The average Bonchev–Trinajstić information content (AvgIpc) is 2.42. The summed E-state index contributed by atoms with van der Waals surface area (Å²) < 4.78 is 12.0. The molecule has 0 aromatic carbocycles. The molecule has 0 heterocycles. The van der Waals surface area contributed by atoms with Gasteiger partial charge in [-0.05, 0) is 6.42 Å². The van der Waals surface area contributed by atoms with E-state index in [1.54, 1.807) is 0 Å². The van der Waals surface area contributed by atoms with Crippen molar-refractivity contribution in [3.05, 3.63) is 0 Å². The predicted octanol–water partition coefficient (Wildman–Crippen LogP) is -0.240. The van der Waals surface area contributed by atoms with Crippen molar-refractivity contribution < 1.29 is 38.9 Å². The van der Waals surface area contributed by atoms with E-state index in [9.17, 15) is 23.6 Å². The van der Waals surface area contributed by atoms with E-state index in [0.717, 1.165) is 11.8 Å². The van der Waals surface area contributed by atoms with Gasteiger partial charge >= 0.3 is 23.9 Å². The van der Waals surface area contributed by atoms with Crippen LogP contribution >= 0.6 is 11.8 Å². The highest BCUT2D eigenvalue weighted by Crippen LogP contribution is 2.10. The largest absolute Gasteiger partial charge is 0.481 e. The quantitative estimate of drug-likeness (QED) is 0.345. The number of carbonyl (C=O) groups is 4. The summed E-state index contributed by atoms with van der Waals surface area (Å²) in [5.41, 5.74) is 0. The first-order valence-electron chi connectivity index (χ1n) is 6.17. The van der Waals surface area contributed by atoms with E-state index in [1.807, 2.05) is 5.32 Å². The van der Waals surface area contributed by atoms with Crippen LogP contribution in [0.4, 0.5) is 9.18 Å². The van der Waals surface area contributed by atoms with Gasteiger partial charge < -0.3 is 26.0 Å². The fourth-order valence-electron chi connectivity index (χ4n) is 1.32. The molecule has 0 aliphatic heterocycles. The number of amides is 2. The van der Waals surface area contributed by atoms with Crippen molar-refractivity contribution in [3.8, 4) is 0 Å². The number of thioether (sulfide) groups is 1. The van der Waals surface area contributed by atoms with Gasteiger partial charge in [-0.2, -0.15) is 0 Å². The Kier molecular flexibility index (Phi) is 9.67. The van der Waals surface area contributed by atoms with Gasteiger partial charge in [0, 0.05) is 18.7 Å². The van der Waals surface area contributed by atoms with Gasteiger partial charge in [0.05, 0.1) is 6.67 Å². The van der Waals surface area contributed by atoms with Crippen LogP contribution in [-0.2, 0) is 14.4 Å². The summed E-state index contributed by atoms with van der Waals surface area (Å²) in [5.74, 6) is -3.89. The van der Waals surface area contributed by atoms with E-state index < -0.39 is 48.3 Å². The Bertz CT molecular complexity index is 421. The molecule has 11 heteroatoms. The molecule has 5 N–H and O–H groups in total. The Labute approximate surface area is 129 Å². The lowest BCUT2D eigenvalue weighted by molar-refractivity contribution is -0.141. The van der Waals surface area contributed by atoms with E-state index in [4.69, 9.17) is 15.3 Å². The Morgan fingerprint density at radius 2 is 1.73 bits per heavy atom. The lowest BCUT2D eigenvalue weighted by atomic mass is 10.1. The van der Waals surface area contributed by atoms with E-state index in [1.165, 1.54) is 0 Å². The highest BCUT2D eigenvalue weighted by atomic mass is 32.2.